The lowest BCUT2D eigenvalue weighted by molar-refractivity contribution is -0.142. The number of esters is 1. The molecule has 2 N–H and O–H groups in total. The molecular formula is C13H13BrClF3N2O3. The van der Waals surface area contributed by atoms with Gasteiger partial charge < -0.3 is 15.4 Å². The van der Waals surface area contributed by atoms with Crippen LogP contribution >= 0.6 is 27.5 Å². The number of anilines is 1. The van der Waals surface area contributed by atoms with Crippen molar-refractivity contribution in [1.82, 2.24) is 5.32 Å². The first-order chi connectivity index (χ1) is 10.5. The standard InChI is InChI=1S/C13H13BrClF3N2O3/c1-6(11(21)23-2)19-12(22)20-10-4-9(15)7(3-8(10)14)5-13(16,17)18/h3-4,6H,5H2,1-2H3,(H2,19,20,22)/t6-/m1/s1. The molecule has 0 heterocycles. The highest BCUT2D eigenvalue weighted by Crippen LogP contribution is 2.33. The van der Waals surface area contributed by atoms with Gasteiger partial charge in [0.15, 0.2) is 0 Å². The second-order valence-corrected chi connectivity index (χ2v) is 5.82. The number of rotatable bonds is 4. The van der Waals surface area contributed by atoms with Crippen molar-refractivity contribution in [2.45, 2.75) is 25.6 Å². The van der Waals surface area contributed by atoms with Gasteiger partial charge in [-0.25, -0.2) is 9.59 Å². The van der Waals surface area contributed by atoms with Crippen molar-refractivity contribution in [3.05, 3.63) is 27.2 Å². The van der Waals surface area contributed by atoms with Gasteiger partial charge in [0.1, 0.15) is 6.04 Å². The normalized spacial score (nSPS) is 12.5. The maximum atomic E-state index is 12.4. The van der Waals surface area contributed by atoms with E-state index in [1.165, 1.54) is 26.2 Å². The summed E-state index contributed by atoms with van der Waals surface area (Å²) in [6.45, 7) is 1.42. The number of carbonyl (C=O) groups is 2. The number of nitrogens with one attached hydrogen (secondary N) is 2. The summed E-state index contributed by atoms with van der Waals surface area (Å²) in [6, 6.07) is 0.742. The number of carbonyl (C=O) groups excluding carboxylic acids is 2. The molecule has 0 aliphatic heterocycles. The number of hydrogen-bond donors (Lipinski definition) is 2. The quantitative estimate of drug-likeness (QED) is 0.731. The Labute approximate surface area is 143 Å². The largest absolute Gasteiger partial charge is 0.467 e. The smallest absolute Gasteiger partial charge is 0.393 e. The molecule has 5 nitrogen and oxygen atoms in total. The fraction of sp³-hybridized carbons (Fsp3) is 0.385. The Morgan fingerprint density at radius 2 is 2.00 bits per heavy atom. The molecule has 0 unspecified atom stereocenters. The topological polar surface area (TPSA) is 67.4 Å². The van der Waals surface area contributed by atoms with E-state index in [1.54, 1.807) is 0 Å². The van der Waals surface area contributed by atoms with E-state index in [-0.39, 0.29) is 20.7 Å². The highest BCUT2D eigenvalue weighted by molar-refractivity contribution is 9.10. The molecule has 1 atom stereocenters. The summed E-state index contributed by atoms with van der Waals surface area (Å²) >= 11 is 8.87. The Morgan fingerprint density at radius 1 is 1.39 bits per heavy atom. The van der Waals surface area contributed by atoms with Gasteiger partial charge in [-0.05, 0) is 40.5 Å². The number of hydrogen-bond acceptors (Lipinski definition) is 3. The van der Waals surface area contributed by atoms with E-state index >= 15 is 0 Å². The minimum atomic E-state index is -4.40. The van der Waals surface area contributed by atoms with Crippen LogP contribution in [0.2, 0.25) is 5.02 Å². The van der Waals surface area contributed by atoms with Gasteiger partial charge in [-0.1, -0.05) is 11.6 Å². The third kappa shape index (κ3) is 6.26. The predicted octanol–water partition coefficient (Wildman–Crippen LogP) is 3.89. The molecular weight excluding hydrogens is 405 g/mol. The number of ether oxygens (including phenoxy) is 1. The summed E-state index contributed by atoms with van der Waals surface area (Å²) in [5.74, 6) is -0.641. The molecule has 0 aromatic heterocycles. The van der Waals surface area contributed by atoms with E-state index in [9.17, 15) is 22.8 Å². The molecule has 0 saturated carbocycles. The predicted molar refractivity (Wildman–Crippen MR) is 82.5 cm³/mol. The third-order valence-electron chi connectivity index (χ3n) is 2.68. The summed E-state index contributed by atoms with van der Waals surface area (Å²) < 4.78 is 41.9. The van der Waals surface area contributed by atoms with Crippen LogP contribution in [0.4, 0.5) is 23.7 Å². The molecule has 1 rings (SSSR count). The first-order valence-corrected chi connectivity index (χ1v) is 7.40. The van der Waals surface area contributed by atoms with Gasteiger partial charge >= 0.3 is 18.2 Å². The average molecular weight is 418 g/mol. The van der Waals surface area contributed by atoms with Crippen LogP contribution in [0.1, 0.15) is 12.5 Å². The monoisotopic (exact) mass is 416 g/mol. The zero-order valence-electron chi connectivity index (χ0n) is 12.1. The minimum absolute atomic E-state index is 0.125. The molecule has 0 aliphatic carbocycles. The van der Waals surface area contributed by atoms with Crippen LogP contribution in [0.5, 0.6) is 0 Å². The summed E-state index contributed by atoms with van der Waals surface area (Å²) in [6.07, 6.45) is -5.58. The van der Waals surface area contributed by atoms with Gasteiger partial charge in [0.05, 0.1) is 19.2 Å². The van der Waals surface area contributed by atoms with Gasteiger partial charge in [0.25, 0.3) is 0 Å². The Kier molecular flexibility index (Phi) is 6.69. The highest BCUT2D eigenvalue weighted by Gasteiger charge is 2.29. The Balaban J connectivity index is 2.84. The summed E-state index contributed by atoms with van der Waals surface area (Å²) in [7, 11) is 1.17. The molecule has 2 amide bonds. The number of benzene rings is 1. The van der Waals surface area contributed by atoms with Gasteiger partial charge in [-0.2, -0.15) is 13.2 Å². The van der Waals surface area contributed by atoms with E-state index < -0.39 is 30.6 Å². The van der Waals surface area contributed by atoms with Crippen molar-refractivity contribution in [3.8, 4) is 0 Å². The van der Waals surface area contributed by atoms with Crippen molar-refractivity contribution >= 4 is 45.2 Å². The van der Waals surface area contributed by atoms with Crippen molar-refractivity contribution in [2.24, 2.45) is 0 Å². The van der Waals surface area contributed by atoms with Gasteiger partial charge in [0.2, 0.25) is 0 Å². The zero-order chi connectivity index (χ0) is 17.8. The maximum absolute atomic E-state index is 12.4. The molecule has 1 aromatic rings. The fourth-order valence-corrected chi connectivity index (χ4v) is 2.35. The molecule has 1 aromatic carbocycles. The number of amides is 2. The number of urea groups is 1. The average Bonchev–Trinajstić information content (AvgIpc) is 2.41. The Bertz CT molecular complexity index is 611. The number of alkyl halides is 3. The van der Waals surface area contributed by atoms with Crippen molar-refractivity contribution in [1.29, 1.82) is 0 Å². The zero-order valence-corrected chi connectivity index (χ0v) is 14.4. The SMILES string of the molecule is COC(=O)[C@@H](C)NC(=O)Nc1cc(Cl)c(CC(F)(F)F)cc1Br. The first kappa shape index (κ1) is 19.6. The number of halogens is 5. The molecule has 10 heteroatoms. The molecule has 23 heavy (non-hydrogen) atoms. The second-order valence-electron chi connectivity index (χ2n) is 4.56. The van der Waals surface area contributed by atoms with E-state index in [0.717, 1.165) is 0 Å². The minimum Gasteiger partial charge on any atom is -0.467 e. The first-order valence-electron chi connectivity index (χ1n) is 6.23. The lowest BCUT2D eigenvalue weighted by Gasteiger charge is -2.15. The Hall–Kier alpha value is -1.48. The molecule has 0 bridgehead atoms. The van der Waals surface area contributed by atoms with E-state index in [1.807, 2.05) is 0 Å². The lowest BCUT2D eigenvalue weighted by atomic mass is 10.1. The van der Waals surface area contributed by atoms with Gasteiger partial charge in [-0.15, -0.1) is 0 Å². The van der Waals surface area contributed by atoms with Gasteiger partial charge in [-0.3, -0.25) is 0 Å². The van der Waals surface area contributed by atoms with Crippen LogP contribution in [0.3, 0.4) is 0 Å². The van der Waals surface area contributed by atoms with Crippen molar-refractivity contribution < 1.29 is 27.5 Å². The van der Waals surface area contributed by atoms with Crippen LogP contribution in [0.15, 0.2) is 16.6 Å². The van der Waals surface area contributed by atoms with Crippen LogP contribution in [0.25, 0.3) is 0 Å². The van der Waals surface area contributed by atoms with Crippen LogP contribution < -0.4 is 10.6 Å². The van der Waals surface area contributed by atoms with Crippen LogP contribution in [-0.2, 0) is 16.0 Å². The van der Waals surface area contributed by atoms with E-state index in [0.29, 0.717) is 0 Å². The molecule has 128 valence electrons. The van der Waals surface area contributed by atoms with Gasteiger partial charge in [0, 0.05) is 9.50 Å². The summed E-state index contributed by atoms with van der Waals surface area (Å²) in [5.41, 5.74) is 0.0374. The van der Waals surface area contributed by atoms with E-state index in [2.05, 4.69) is 31.3 Å². The molecule has 0 aliphatic rings. The van der Waals surface area contributed by atoms with Crippen LogP contribution in [0, 0.1) is 0 Å². The lowest BCUT2D eigenvalue weighted by Crippen LogP contribution is -2.41. The van der Waals surface area contributed by atoms with E-state index in [4.69, 9.17) is 11.6 Å². The molecule has 0 spiro atoms. The van der Waals surface area contributed by atoms with Crippen LogP contribution in [-0.4, -0.2) is 31.3 Å². The Morgan fingerprint density at radius 3 is 2.52 bits per heavy atom. The fourth-order valence-electron chi connectivity index (χ4n) is 1.63. The number of methoxy groups -OCH3 is 1. The molecule has 0 fully saturated rings. The summed E-state index contributed by atoms with van der Waals surface area (Å²) in [4.78, 5) is 22.9. The van der Waals surface area contributed by atoms with Crippen molar-refractivity contribution in [2.75, 3.05) is 12.4 Å². The molecule has 0 saturated heterocycles. The molecule has 0 radical (unpaired) electrons. The summed E-state index contributed by atoms with van der Waals surface area (Å²) in [5, 5.41) is 4.55. The second kappa shape index (κ2) is 7.87. The third-order valence-corrected chi connectivity index (χ3v) is 3.69. The maximum Gasteiger partial charge on any atom is 0.393 e. The van der Waals surface area contributed by atoms with Crippen molar-refractivity contribution in [3.63, 3.8) is 0 Å². The highest BCUT2D eigenvalue weighted by atomic mass is 79.9.